The molecule has 1 fully saturated rings. The molecular formula is C23H29Cl2N3O3S. The van der Waals surface area contributed by atoms with Gasteiger partial charge in [0.2, 0.25) is 15.9 Å². The quantitative estimate of drug-likeness (QED) is 0.584. The van der Waals surface area contributed by atoms with E-state index >= 15 is 0 Å². The second kappa shape index (κ2) is 10.9. The molecule has 9 heteroatoms. The predicted octanol–water partition coefficient (Wildman–Crippen LogP) is 4.45. The number of halogens is 2. The third-order valence-corrected chi connectivity index (χ3v) is 7.54. The SMILES string of the molecule is C[C@H](C(=O)NCc1cccc(CN2CCCCC2)c1)N(c1ccc(Cl)c(Cl)c1)S(C)(=O)=O. The van der Waals surface area contributed by atoms with E-state index in [0.717, 1.165) is 35.8 Å². The van der Waals surface area contributed by atoms with Gasteiger partial charge in [-0.1, -0.05) is 53.9 Å². The van der Waals surface area contributed by atoms with Crippen molar-refractivity contribution in [2.75, 3.05) is 23.7 Å². The average Bonchev–Trinajstić information content (AvgIpc) is 2.74. The average molecular weight is 498 g/mol. The summed E-state index contributed by atoms with van der Waals surface area (Å²) < 4.78 is 25.9. The fourth-order valence-electron chi connectivity index (χ4n) is 3.98. The molecule has 0 radical (unpaired) electrons. The van der Waals surface area contributed by atoms with Crippen molar-refractivity contribution in [3.63, 3.8) is 0 Å². The Kier molecular flexibility index (Phi) is 8.44. The maximum absolute atomic E-state index is 12.8. The zero-order chi connectivity index (χ0) is 23.3. The standard InChI is InChI=1S/C23H29Cl2N3O3S/c1-17(28(32(2,30)31)20-9-10-21(24)22(25)14-20)23(29)26-15-18-7-6-8-19(13-18)16-27-11-4-3-5-12-27/h6-10,13-14,17H,3-5,11-12,15-16H2,1-2H3,(H,26,29)/t17-/m1/s1. The molecule has 6 nitrogen and oxygen atoms in total. The normalized spacial score (nSPS) is 15.9. The minimum Gasteiger partial charge on any atom is -0.350 e. The van der Waals surface area contributed by atoms with E-state index in [4.69, 9.17) is 23.2 Å². The van der Waals surface area contributed by atoms with Gasteiger partial charge in [0.05, 0.1) is 22.0 Å². The van der Waals surface area contributed by atoms with Gasteiger partial charge in [-0.15, -0.1) is 0 Å². The molecule has 3 rings (SSSR count). The Morgan fingerprint density at radius 1 is 1.06 bits per heavy atom. The molecule has 1 saturated heterocycles. The number of likely N-dealkylation sites (tertiary alicyclic amines) is 1. The van der Waals surface area contributed by atoms with E-state index in [1.807, 2.05) is 12.1 Å². The minimum absolute atomic E-state index is 0.218. The summed E-state index contributed by atoms with van der Waals surface area (Å²) >= 11 is 12.0. The number of hydrogen-bond donors (Lipinski definition) is 1. The van der Waals surface area contributed by atoms with Crippen LogP contribution in [0.5, 0.6) is 0 Å². The molecule has 0 bridgehead atoms. The molecule has 2 aromatic rings. The van der Waals surface area contributed by atoms with E-state index in [1.54, 1.807) is 6.92 Å². The van der Waals surface area contributed by atoms with Crippen molar-refractivity contribution >= 4 is 44.8 Å². The number of sulfonamides is 1. The zero-order valence-corrected chi connectivity index (χ0v) is 20.7. The lowest BCUT2D eigenvalue weighted by Crippen LogP contribution is -2.47. The first-order valence-electron chi connectivity index (χ1n) is 10.7. The molecule has 0 aliphatic carbocycles. The first-order chi connectivity index (χ1) is 15.1. The molecule has 1 heterocycles. The summed E-state index contributed by atoms with van der Waals surface area (Å²) in [6.07, 6.45) is 4.84. The number of rotatable bonds is 8. The van der Waals surface area contributed by atoms with Gasteiger partial charge in [-0.25, -0.2) is 8.42 Å². The van der Waals surface area contributed by atoms with Crippen LogP contribution in [-0.2, 0) is 27.9 Å². The number of benzene rings is 2. The van der Waals surface area contributed by atoms with Crippen molar-refractivity contribution in [2.24, 2.45) is 0 Å². The van der Waals surface area contributed by atoms with Crippen LogP contribution in [0.3, 0.4) is 0 Å². The van der Waals surface area contributed by atoms with Crippen molar-refractivity contribution in [1.82, 2.24) is 10.2 Å². The van der Waals surface area contributed by atoms with Gasteiger partial charge in [0, 0.05) is 13.1 Å². The van der Waals surface area contributed by atoms with Crippen LogP contribution < -0.4 is 9.62 Å². The molecule has 1 N–H and O–H groups in total. The molecule has 0 saturated carbocycles. The Morgan fingerprint density at radius 3 is 2.41 bits per heavy atom. The van der Waals surface area contributed by atoms with Gasteiger partial charge in [-0.2, -0.15) is 0 Å². The summed E-state index contributed by atoms with van der Waals surface area (Å²) in [6, 6.07) is 11.7. The van der Waals surface area contributed by atoms with Crippen LogP contribution >= 0.6 is 23.2 Å². The maximum Gasteiger partial charge on any atom is 0.243 e. The number of carbonyl (C=O) groups excluding carboxylic acids is 1. The second-order valence-corrected chi connectivity index (χ2v) is 10.9. The van der Waals surface area contributed by atoms with Crippen LogP contribution in [0.4, 0.5) is 5.69 Å². The molecule has 32 heavy (non-hydrogen) atoms. The van der Waals surface area contributed by atoms with E-state index in [-0.39, 0.29) is 10.7 Å². The van der Waals surface area contributed by atoms with Gasteiger partial charge in [0.15, 0.2) is 0 Å². The van der Waals surface area contributed by atoms with Crippen LogP contribution in [0, 0.1) is 0 Å². The van der Waals surface area contributed by atoms with Gasteiger partial charge < -0.3 is 5.32 Å². The number of carbonyl (C=O) groups is 1. The molecule has 2 aromatic carbocycles. The highest BCUT2D eigenvalue weighted by molar-refractivity contribution is 7.92. The topological polar surface area (TPSA) is 69.7 Å². The van der Waals surface area contributed by atoms with E-state index in [1.165, 1.54) is 43.0 Å². The van der Waals surface area contributed by atoms with E-state index < -0.39 is 22.0 Å². The molecule has 1 aliphatic heterocycles. The number of piperidine rings is 1. The van der Waals surface area contributed by atoms with Crippen molar-refractivity contribution in [3.05, 3.63) is 63.6 Å². The summed E-state index contributed by atoms with van der Waals surface area (Å²) in [4.78, 5) is 15.3. The number of hydrogen-bond acceptors (Lipinski definition) is 4. The largest absolute Gasteiger partial charge is 0.350 e. The molecule has 1 aliphatic rings. The number of nitrogens with one attached hydrogen (secondary N) is 1. The zero-order valence-electron chi connectivity index (χ0n) is 18.4. The van der Waals surface area contributed by atoms with Gasteiger partial charge in [-0.05, 0) is 62.2 Å². The summed E-state index contributed by atoms with van der Waals surface area (Å²) in [7, 11) is -3.73. The first-order valence-corrected chi connectivity index (χ1v) is 13.3. The number of amides is 1. The van der Waals surface area contributed by atoms with E-state index in [0.29, 0.717) is 11.6 Å². The fourth-order valence-corrected chi connectivity index (χ4v) is 5.44. The van der Waals surface area contributed by atoms with Gasteiger partial charge >= 0.3 is 0 Å². The lowest BCUT2D eigenvalue weighted by Gasteiger charge is -2.28. The molecule has 0 aromatic heterocycles. The Labute approximate surface area is 200 Å². The molecule has 174 valence electrons. The first kappa shape index (κ1) is 24.8. The lowest BCUT2D eigenvalue weighted by atomic mass is 10.1. The third kappa shape index (κ3) is 6.61. The second-order valence-electron chi connectivity index (χ2n) is 8.21. The van der Waals surface area contributed by atoms with Crippen LogP contribution in [0.25, 0.3) is 0 Å². The van der Waals surface area contributed by atoms with Crippen molar-refractivity contribution < 1.29 is 13.2 Å². The molecule has 0 spiro atoms. The van der Waals surface area contributed by atoms with Crippen LogP contribution in [0.15, 0.2) is 42.5 Å². The molecule has 1 amide bonds. The predicted molar refractivity (Wildman–Crippen MR) is 131 cm³/mol. The van der Waals surface area contributed by atoms with Gasteiger partial charge in [0.25, 0.3) is 0 Å². The van der Waals surface area contributed by atoms with Gasteiger partial charge in [0.1, 0.15) is 6.04 Å². The highest BCUT2D eigenvalue weighted by atomic mass is 35.5. The Hall–Kier alpha value is -1.80. The molecular weight excluding hydrogens is 469 g/mol. The summed E-state index contributed by atoms with van der Waals surface area (Å²) in [5.41, 5.74) is 2.47. The van der Waals surface area contributed by atoms with Gasteiger partial charge in [-0.3, -0.25) is 14.0 Å². The lowest BCUT2D eigenvalue weighted by molar-refractivity contribution is -0.122. The highest BCUT2D eigenvalue weighted by Gasteiger charge is 2.29. The Morgan fingerprint density at radius 2 is 1.75 bits per heavy atom. The number of nitrogens with zero attached hydrogens (tertiary/aromatic N) is 2. The van der Waals surface area contributed by atoms with Crippen LogP contribution in [0.1, 0.15) is 37.3 Å². The monoisotopic (exact) mass is 497 g/mol. The van der Waals surface area contributed by atoms with Crippen LogP contribution in [-0.4, -0.2) is 44.6 Å². The third-order valence-electron chi connectivity index (χ3n) is 5.56. The van der Waals surface area contributed by atoms with Crippen molar-refractivity contribution in [1.29, 1.82) is 0 Å². The molecule has 0 unspecified atom stereocenters. The van der Waals surface area contributed by atoms with Crippen molar-refractivity contribution in [3.8, 4) is 0 Å². The van der Waals surface area contributed by atoms with E-state index in [9.17, 15) is 13.2 Å². The van der Waals surface area contributed by atoms with E-state index in [2.05, 4.69) is 22.3 Å². The smallest absolute Gasteiger partial charge is 0.243 e. The summed E-state index contributed by atoms with van der Waals surface area (Å²) in [5, 5.41) is 3.39. The Bertz CT molecular complexity index is 1060. The van der Waals surface area contributed by atoms with Crippen molar-refractivity contribution in [2.45, 2.75) is 45.3 Å². The summed E-state index contributed by atoms with van der Waals surface area (Å²) in [5.74, 6) is -0.400. The highest BCUT2D eigenvalue weighted by Crippen LogP contribution is 2.29. The minimum atomic E-state index is -3.73. The fraction of sp³-hybridized carbons (Fsp3) is 0.435. The summed E-state index contributed by atoms with van der Waals surface area (Å²) in [6.45, 7) is 5.00. The number of anilines is 1. The maximum atomic E-state index is 12.8. The Balaban J connectivity index is 1.67. The molecule has 1 atom stereocenters. The van der Waals surface area contributed by atoms with Crippen LogP contribution in [0.2, 0.25) is 10.0 Å².